The number of likely N-dealkylation sites (N-methyl/N-ethyl adjacent to an activating group) is 1. The zero-order valence-electron chi connectivity index (χ0n) is 22.0. The predicted molar refractivity (Wildman–Crippen MR) is 139 cm³/mol. The molecule has 0 spiro atoms. The molecule has 11 heteroatoms. The number of aliphatic hydroxyl groups is 4. The molecule has 212 valence electrons. The molecule has 1 aromatic heterocycles. The smallest absolute Gasteiger partial charge is 0.337 e. The lowest BCUT2D eigenvalue weighted by molar-refractivity contribution is -0.339. The highest BCUT2D eigenvalue weighted by Crippen LogP contribution is 2.44. The van der Waals surface area contributed by atoms with Crippen LogP contribution in [0.5, 0.6) is 0 Å². The number of hydrogen-bond donors (Lipinski definition) is 5. The number of ether oxygens (including phenoxy) is 4. The number of benzene rings is 1. The van der Waals surface area contributed by atoms with Crippen LogP contribution in [-0.2, 0) is 30.2 Å². The number of aromatic amines is 1. The molecule has 3 aliphatic heterocycles. The van der Waals surface area contributed by atoms with Gasteiger partial charge in [0.25, 0.3) is 0 Å². The number of fused-ring (bicyclic) bond motifs is 3. The third-order valence-electron chi connectivity index (χ3n) is 8.22. The van der Waals surface area contributed by atoms with Gasteiger partial charge in [0.2, 0.25) is 6.29 Å². The summed E-state index contributed by atoms with van der Waals surface area (Å²) < 4.78 is 22.3. The number of para-hydroxylation sites is 1. The Hall–Kier alpha value is -2.77. The number of hydrogen-bond acceptors (Lipinski definition) is 10. The summed E-state index contributed by atoms with van der Waals surface area (Å²) in [6.45, 7) is 4.22. The van der Waals surface area contributed by atoms with Crippen LogP contribution in [0.2, 0.25) is 0 Å². The Bertz CT molecular complexity index is 1230. The van der Waals surface area contributed by atoms with Crippen LogP contribution in [0.15, 0.2) is 48.8 Å². The molecule has 2 aromatic rings. The van der Waals surface area contributed by atoms with E-state index in [2.05, 4.69) is 28.6 Å². The SMILES string of the molecule is C=C[C@H]1[C@H](O[C@H]2O[C@@H](CO)[C@H](O)[C@@H](O)[C@@H]2O)OC=C(C(=O)OC)[C@H]1C[C@H]1c2[nH]c3ccccc3c2CCN1C. The van der Waals surface area contributed by atoms with Gasteiger partial charge in [0.15, 0.2) is 6.29 Å². The second-order valence-corrected chi connectivity index (χ2v) is 10.4. The van der Waals surface area contributed by atoms with Gasteiger partial charge in [-0.15, -0.1) is 6.58 Å². The van der Waals surface area contributed by atoms with Crippen LogP contribution in [0, 0.1) is 11.8 Å². The largest absolute Gasteiger partial charge is 0.471 e. The third-order valence-corrected chi connectivity index (χ3v) is 8.22. The van der Waals surface area contributed by atoms with Crippen LogP contribution >= 0.6 is 0 Å². The van der Waals surface area contributed by atoms with Gasteiger partial charge in [-0.05, 0) is 31.5 Å². The summed E-state index contributed by atoms with van der Waals surface area (Å²) in [6.07, 6.45) is -3.95. The van der Waals surface area contributed by atoms with Gasteiger partial charge in [-0.1, -0.05) is 24.3 Å². The van der Waals surface area contributed by atoms with E-state index in [1.54, 1.807) is 6.08 Å². The first-order valence-electron chi connectivity index (χ1n) is 13.1. The molecule has 0 unspecified atom stereocenters. The van der Waals surface area contributed by atoms with Crippen LogP contribution in [0.1, 0.15) is 23.7 Å². The van der Waals surface area contributed by atoms with Crippen LogP contribution in [0.4, 0.5) is 0 Å². The molecule has 39 heavy (non-hydrogen) atoms. The summed E-state index contributed by atoms with van der Waals surface area (Å²) in [6, 6.07) is 8.12. The number of aromatic nitrogens is 1. The zero-order chi connectivity index (χ0) is 27.8. The zero-order valence-corrected chi connectivity index (χ0v) is 22.0. The van der Waals surface area contributed by atoms with Crippen molar-refractivity contribution >= 4 is 16.9 Å². The summed E-state index contributed by atoms with van der Waals surface area (Å²) in [5.41, 5.74) is 3.73. The van der Waals surface area contributed by atoms with Crippen LogP contribution in [0.25, 0.3) is 10.9 Å². The molecule has 1 fully saturated rings. The maximum atomic E-state index is 12.8. The Morgan fingerprint density at radius 3 is 2.69 bits per heavy atom. The third kappa shape index (κ3) is 5.00. The molecule has 0 aliphatic carbocycles. The number of esters is 1. The Balaban J connectivity index is 1.45. The van der Waals surface area contributed by atoms with Crippen molar-refractivity contribution in [1.82, 2.24) is 9.88 Å². The monoisotopic (exact) mass is 544 g/mol. The molecule has 9 atom stereocenters. The number of H-pyrrole nitrogens is 1. The maximum absolute atomic E-state index is 12.8. The van der Waals surface area contributed by atoms with Crippen molar-refractivity contribution in [3.05, 3.63) is 60.0 Å². The fraction of sp³-hybridized carbons (Fsp3) is 0.536. The fourth-order valence-electron chi connectivity index (χ4n) is 6.00. The summed E-state index contributed by atoms with van der Waals surface area (Å²) in [5.74, 6) is -1.54. The van der Waals surface area contributed by atoms with E-state index in [4.69, 9.17) is 18.9 Å². The summed E-state index contributed by atoms with van der Waals surface area (Å²) in [4.78, 5) is 18.7. The van der Waals surface area contributed by atoms with Crippen LogP contribution in [-0.4, -0.2) is 101 Å². The molecule has 0 bridgehead atoms. The van der Waals surface area contributed by atoms with Gasteiger partial charge < -0.3 is 44.4 Å². The Morgan fingerprint density at radius 2 is 1.97 bits per heavy atom. The minimum Gasteiger partial charge on any atom is -0.471 e. The van der Waals surface area contributed by atoms with E-state index >= 15 is 0 Å². The Labute approximate surface area is 226 Å². The van der Waals surface area contributed by atoms with Crippen molar-refractivity contribution in [1.29, 1.82) is 0 Å². The molecule has 0 saturated carbocycles. The van der Waals surface area contributed by atoms with E-state index in [0.717, 1.165) is 24.2 Å². The molecule has 1 saturated heterocycles. The minimum absolute atomic E-state index is 0.0623. The van der Waals surface area contributed by atoms with Gasteiger partial charge >= 0.3 is 5.97 Å². The first-order chi connectivity index (χ1) is 18.8. The summed E-state index contributed by atoms with van der Waals surface area (Å²) in [5, 5.41) is 41.6. The van der Waals surface area contributed by atoms with Crippen LogP contribution < -0.4 is 0 Å². The number of methoxy groups -OCH3 is 1. The minimum atomic E-state index is -1.60. The summed E-state index contributed by atoms with van der Waals surface area (Å²) >= 11 is 0. The lowest BCUT2D eigenvalue weighted by Crippen LogP contribution is -2.60. The number of carbonyl (C=O) groups is 1. The molecule has 11 nitrogen and oxygen atoms in total. The van der Waals surface area contributed by atoms with Crippen molar-refractivity contribution in [3.8, 4) is 0 Å². The van der Waals surface area contributed by atoms with Gasteiger partial charge in [0.05, 0.1) is 31.6 Å². The van der Waals surface area contributed by atoms with Crippen LogP contribution in [0.3, 0.4) is 0 Å². The highest BCUT2D eigenvalue weighted by atomic mass is 16.8. The Morgan fingerprint density at radius 1 is 1.21 bits per heavy atom. The first-order valence-corrected chi connectivity index (χ1v) is 13.1. The topological polar surface area (TPSA) is 154 Å². The Kier molecular flexibility index (Phi) is 8.11. The molecule has 3 aliphatic rings. The van der Waals surface area contributed by atoms with Gasteiger partial charge in [-0.3, -0.25) is 4.90 Å². The van der Waals surface area contributed by atoms with Crippen molar-refractivity contribution in [2.45, 2.75) is 55.9 Å². The van der Waals surface area contributed by atoms with E-state index < -0.39 is 61.4 Å². The molecule has 1 aromatic carbocycles. The molecule has 0 radical (unpaired) electrons. The molecule has 5 rings (SSSR count). The average molecular weight is 545 g/mol. The van der Waals surface area contributed by atoms with Crippen molar-refractivity contribution < 1.29 is 44.2 Å². The second-order valence-electron chi connectivity index (χ2n) is 10.4. The van der Waals surface area contributed by atoms with Gasteiger partial charge in [-0.2, -0.15) is 0 Å². The lowest BCUT2D eigenvalue weighted by Gasteiger charge is -2.44. The second kappa shape index (κ2) is 11.4. The number of aliphatic hydroxyl groups excluding tert-OH is 4. The van der Waals surface area contributed by atoms with Crippen molar-refractivity contribution in [2.75, 3.05) is 27.3 Å². The number of carbonyl (C=O) groups excluding carboxylic acids is 1. The quantitative estimate of drug-likeness (QED) is 0.249. The van der Waals surface area contributed by atoms with E-state index in [-0.39, 0.29) is 6.04 Å². The highest BCUT2D eigenvalue weighted by Gasteiger charge is 2.48. The number of rotatable bonds is 7. The fourth-order valence-corrected chi connectivity index (χ4v) is 6.00. The number of nitrogens with one attached hydrogen (secondary N) is 1. The molecule has 4 heterocycles. The standard InChI is InChI=1S/C28H36N2O9/c1-4-14-17(11-20-22-16(9-10-30(20)2)15-7-5-6-8-19(15)29-22)18(26(35)36-3)13-37-27(14)39-28-25(34)24(33)23(32)21(12-31)38-28/h4-8,13-14,17,20-21,23-25,27-29,31-34H,1,9-12H2,2-3H3/t14-,17+,20+,21+,23+,24-,25+,27+,28-/m1/s1. The van der Waals surface area contributed by atoms with Crippen molar-refractivity contribution in [3.63, 3.8) is 0 Å². The number of nitrogens with zero attached hydrogens (tertiary/aromatic N) is 1. The van der Waals surface area contributed by atoms with E-state index in [0.29, 0.717) is 12.0 Å². The van der Waals surface area contributed by atoms with Gasteiger partial charge in [-0.25, -0.2) is 4.79 Å². The normalized spacial score (nSPS) is 35.1. The molecule has 0 amide bonds. The summed E-state index contributed by atoms with van der Waals surface area (Å²) in [7, 11) is 3.35. The molecular formula is C28H36N2O9. The van der Waals surface area contributed by atoms with Gasteiger partial charge in [0, 0.05) is 35.0 Å². The predicted octanol–water partition coefficient (Wildman–Crippen LogP) is 0.735. The lowest BCUT2D eigenvalue weighted by atomic mass is 9.78. The van der Waals surface area contributed by atoms with Gasteiger partial charge in [0.1, 0.15) is 24.4 Å². The molecular weight excluding hydrogens is 508 g/mol. The highest BCUT2D eigenvalue weighted by molar-refractivity contribution is 5.89. The van der Waals surface area contributed by atoms with Crippen molar-refractivity contribution in [2.24, 2.45) is 11.8 Å². The van der Waals surface area contributed by atoms with E-state index in [1.807, 2.05) is 19.2 Å². The van der Waals surface area contributed by atoms with E-state index in [1.165, 1.54) is 24.3 Å². The molecule has 5 N–H and O–H groups in total. The average Bonchev–Trinajstić information content (AvgIpc) is 3.33. The first kappa shape index (κ1) is 27.8. The van der Waals surface area contributed by atoms with E-state index in [9.17, 15) is 25.2 Å². The maximum Gasteiger partial charge on any atom is 0.337 e.